The average Bonchev–Trinajstić information content (AvgIpc) is 2.62. The van der Waals surface area contributed by atoms with Crippen molar-refractivity contribution in [3.05, 3.63) is 64.8 Å². The molecule has 0 atom stereocenters. The van der Waals surface area contributed by atoms with E-state index in [1.807, 2.05) is 0 Å². The highest BCUT2D eigenvalue weighted by molar-refractivity contribution is 7.85. The number of carbonyl (C=O) groups excluding carboxylic acids is 1. The summed E-state index contributed by atoms with van der Waals surface area (Å²) in [5.74, 6) is -0.961. The summed E-state index contributed by atoms with van der Waals surface area (Å²) in [7, 11) is -4.50. The standard InChI is InChI=1S/C17H11ClF3N3O4S/c18-15-5-4-11(7-14(15)17(19,20)21)23-9-10(8-22)16(25)24-12-2-1-3-13(6-12)29(26,27)28/h1-7,9,23H,(H,24,25)(H,26,27,28)/b10-9-. The second-order valence-electron chi connectivity index (χ2n) is 5.46. The predicted molar refractivity (Wildman–Crippen MR) is 98.7 cm³/mol. The van der Waals surface area contributed by atoms with Gasteiger partial charge >= 0.3 is 6.18 Å². The van der Waals surface area contributed by atoms with Gasteiger partial charge < -0.3 is 10.6 Å². The first-order valence-electron chi connectivity index (χ1n) is 7.54. The minimum atomic E-state index is -4.69. The highest BCUT2D eigenvalue weighted by atomic mass is 35.5. The van der Waals surface area contributed by atoms with E-state index < -0.39 is 43.3 Å². The van der Waals surface area contributed by atoms with Gasteiger partial charge in [-0.1, -0.05) is 17.7 Å². The van der Waals surface area contributed by atoms with Gasteiger partial charge in [-0.2, -0.15) is 26.9 Å². The summed E-state index contributed by atoms with van der Waals surface area (Å²) >= 11 is 5.52. The van der Waals surface area contributed by atoms with Crippen LogP contribution in [-0.4, -0.2) is 18.9 Å². The third-order valence-electron chi connectivity index (χ3n) is 3.41. The van der Waals surface area contributed by atoms with Gasteiger partial charge in [0.15, 0.2) is 0 Å². The highest BCUT2D eigenvalue weighted by Crippen LogP contribution is 2.36. The van der Waals surface area contributed by atoms with Crippen molar-refractivity contribution in [2.24, 2.45) is 0 Å². The Labute approximate surface area is 168 Å². The zero-order valence-electron chi connectivity index (χ0n) is 14.2. The number of alkyl halides is 3. The second kappa shape index (κ2) is 8.52. The zero-order valence-corrected chi connectivity index (χ0v) is 15.7. The number of nitrogens with zero attached hydrogens (tertiary/aromatic N) is 1. The molecule has 2 aromatic carbocycles. The van der Waals surface area contributed by atoms with Crippen LogP contribution in [0.15, 0.2) is 59.1 Å². The molecular formula is C17H11ClF3N3O4S. The van der Waals surface area contributed by atoms with Gasteiger partial charge in [-0.05, 0) is 36.4 Å². The Kier molecular flexibility index (Phi) is 6.53. The van der Waals surface area contributed by atoms with E-state index >= 15 is 0 Å². The van der Waals surface area contributed by atoms with Crippen LogP contribution in [-0.2, 0) is 21.1 Å². The fourth-order valence-electron chi connectivity index (χ4n) is 2.07. The third kappa shape index (κ3) is 5.95. The Morgan fingerprint density at radius 2 is 1.86 bits per heavy atom. The van der Waals surface area contributed by atoms with E-state index in [0.717, 1.165) is 24.4 Å². The molecule has 0 unspecified atom stereocenters. The van der Waals surface area contributed by atoms with E-state index in [0.29, 0.717) is 6.07 Å². The third-order valence-corrected chi connectivity index (χ3v) is 4.59. The molecule has 3 N–H and O–H groups in total. The summed E-state index contributed by atoms with van der Waals surface area (Å²) in [6, 6.07) is 9.11. The SMILES string of the molecule is N#C/C(=C/Nc1ccc(Cl)c(C(F)(F)F)c1)C(=O)Nc1cccc(S(=O)(=O)O)c1. The minimum absolute atomic E-state index is 0.0304. The largest absolute Gasteiger partial charge is 0.417 e. The van der Waals surface area contributed by atoms with Gasteiger partial charge in [0.1, 0.15) is 11.6 Å². The Bertz CT molecular complexity index is 1130. The van der Waals surface area contributed by atoms with Gasteiger partial charge in [-0.3, -0.25) is 9.35 Å². The Hall–Kier alpha value is -3.07. The van der Waals surface area contributed by atoms with Gasteiger partial charge in [0.05, 0.1) is 15.5 Å². The molecule has 1 amide bonds. The predicted octanol–water partition coefficient (Wildman–Crippen LogP) is 4.06. The molecule has 0 spiro atoms. The Morgan fingerprint density at radius 1 is 1.17 bits per heavy atom. The van der Waals surface area contributed by atoms with Crippen LogP contribution in [0.4, 0.5) is 24.5 Å². The molecule has 29 heavy (non-hydrogen) atoms. The van der Waals surface area contributed by atoms with Crippen molar-refractivity contribution >= 4 is 39.0 Å². The lowest BCUT2D eigenvalue weighted by Gasteiger charge is -2.11. The topological polar surface area (TPSA) is 119 Å². The number of anilines is 2. The average molecular weight is 446 g/mol. The highest BCUT2D eigenvalue weighted by Gasteiger charge is 2.33. The number of hydrogen-bond acceptors (Lipinski definition) is 5. The van der Waals surface area contributed by atoms with E-state index in [9.17, 15) is 26.4 Å². The molecule has 0 aliphatic carbocycles. The number of carbonyl (C=O) groups is 1. The molecule has 2 aromatic rings. The van der Waals surface area contributed by atoms with Crippen LogP contribution < -0.4 is 10.6 Å². The molecule has 2 rings (SSSR count). The van der Waals surface area contributed by atoms with Crippen molar-refractivity contribution in [2.45, 2.75) is 11.1 Å². The maximum absolute atomic E-state index is 12.9. The van der Waals surface area contributed by atoms with Crippen molar-refractivity contribution in [3.63, 3.8) is 0 Å². The first-order chi connectivity index (χ1) is 13.4. The van der Waals surface area contributed by atoms with Crippen LogP contribution in [0.3, 0.4) is 0 Å². The fraction of sp³-hybridized carbons (Fsp3) is 0.0588. The second-order valence-corrected chi connectivity index (χ2v) is 7.29. The van der Waals surface area contributed by atoms with Gasteiger partial charge in [0.25, 0.3) is 16.0 Å². The Balaban J connectivity index is 2.21. The molecule has 0 aliphatic rings. The molecule has 0 saturated carbocycles. The summed E-state index contributed by atoms with van der Waals surface area (Å²) in [4.78, 5) is 11.7. The number of nitrogens with one attached hydrogen (secondary N) is 2. The zero-order chi connectivity index (χ0) is 21.8. The van der Waals surface area contributed by atoms with Crippen LogP contribution in [0.25, 0.3) is 0 Å². The van der Waals surface area contributed by atoms with Gasteiger partial charge in [0.2, 0.25) is 0 Å². The van der Waals surface area contributed by atoms with Gasteiger partial charge in [0, 0.05) is 17.6 Å². The molecule has 0 aromatic heterocycles. The normalized spacial score (nSPS) is 12.2. The molecule has 7 nitrogen and oxygen atoms in total. The molecule has 152 valence electrons. The van der Waals surface area contributed by atoms with E-state index in [2.05, 4.69) is 10.6 Å². The first-order valence-corrected chi connectivity index (χ1v) is 9.36. The number of nitriles is 1. The number of rotatable bonds is 5. The van der Waals surface area contributed by atoms with Crippen molar-refractivity contribution in [2.75, 3.05) is 10.6 Å². The van der Waals surface area contributed by atoms with Crippen molar-refractivity contribution < 1.29 is 30.9 Å². The maximum Gasteiger partial charge on any atom is 0.417 e. The van der Waals surface area contributed by atoms with E-state index in [4.69, 9.17) is 21.4 Å². The molecule has 12 heteroatoms. The molecule has 0 heterocycles. The molecule has 0 aliphatic heterocycles. The number of amides is 1. The van der Waals surface area contributed by atoms with Crippen LogP contribution in [0.2, 0.25) is 5.02 Å². The van der Waals surface area contributed by atoms with Gasteiger partial charge in [-0.25, -0.2) is 0 Å². The van der Waals surface area contributed by atoms with Crippen molar-refractivity contribution in [1.82, 2.24) is 0 Å². The summed E-state index contributed by atoms with van der Waals surface area (Å²) in [5, 5.41) is 13.2. The van der Waals surface area contributed by atoms with Crippen LogP contribution in [0.1, 0.15) is 5.56 Å². The van der Waals surface area contributed by atoms with E-state index in [1.165, 1.54) is 18.2 Å². The number of halogens is 4. The lowest BCUT2D eigenvalue weighted by atomic mass is 10.2. The summed E-state index contributed by atoms with van der Waals surface area (Å²) in [6.07, 6.45) is -3.81. The van der Waals surface area contributed by atoms with Crippen LogP contribution in [0.5, 0.6) is 0 Å². The lowest BCUT2D eigenvalue weighted by Crippen LogP contribution is -2.15. The fourth-order valence-corrected chi connectivity index (χ4v) is 2.82. The molecule has 0 fully saturated rings. The van der Waals surface area contributed by atoms with E-state index in [1.54, 1.807) is 6.07 Å². The number of hydrogen-bond donors (Lipinski definition) is 3. The molecule has 0 bridgehead atoms. The maximum atomic E-state index is 12.9. The molecule has 0 radical (unpaired) electrons. The first kappa shape index (κ1) is 22.2. The van der Waals surface area contributed by atoms with Crippen LogP contribution in [0, 0.1) is 11.3 Å². The summed E-state index contributed by atoms with van der Waals surface area (Å²) < 4.78 is 69.9. The number of benzene rings is 2. The van der Waals surface area contributed by atoms with E-state index in [-0.39, 0.29) is 11.4 Å². The molecule has 0 saturated heterocycles. The minimum Gasteiger partial charge on any atom is -0.360 e. The monoisotopic (exact) mass is 445 g/mol. The summed E-state index contributed by atoms with van der Waals surface area (Å²) in [5.41, 5.74) is -1.71. The lowest BCUT2D eigenvalue weighted by molar-refractivity contribution is -0.137. The summed E-state index contributed by atoms with van der Waals surface area (Å²) in [6.45, 7) is 0. The molecular weight excluding hydrogens is 435 g/mol. The van der Waals surface area contributed by atoms with Crippen LogP contribution >= 0.6 is 11.6 Å². The smallest absolute Gasteiger partial charge is 0.360 e. The quantitative estimate of drug-likeness (QED) is 0.362. The van der Waals surface area contributed by atoms with Crippen molar-refractivity contribution in [1.29, 1.82) is 5.26 Å². The van der Waals surface area contributed by atoms with Crippen molar-refractivity contribution in [3.8, 4) is 6.07 Å². The Morgan fingerprint density at radius 3 is 2.45 bits per heavy atom. The van der Waals surface area contributed by atoms with Gasteiger partial charge in [-0.15, -0.1) is 0 Å².